The van der Waals surface area contributed by atoms with Crippen molar-refractivity contribution >= 4 is 16.2 Å². The number of ether oxygens (including phenoxy) is 1. The quantitative estimate of drug-likeness (QED) is 0.732. The molecule has 2 heterocycles. The number of carbonyl (C=O) groups is 1. The van der Waals surface area contributed by atoms with E-state index in [-0.39, 0.29) is 18.4 Å². The third-order valence-corrected chi connectivity index (χ3v) is 6.43. The summed E-state index contributed by atoms with van der Waals surface area (Å²) in [4.78, 5) is 11.9. The lowest BCUT2D eigenvalue weighted by atomic mass is 9.94. The molecule has 2 rings (SSSR count). The summed E-state index contributed by atoms with van der Waals surface area (Å²) in [5.41, 5.74) is 0. The maximum Gasteiger partial charge on any atom is 0.310 e. The van der Waals surface area contributed by atoms with Gasteiger partial charge in [-0.3, -0.25) is 4.79 Å². The monoisotopic (exact) mass is 332 g/mol. The minimum absolute atomic E-state index is 0.250. The van der Waals surface area contributed by atoms with Crippen LogP contribution in [-0.2, 0) is 19.7 Å². The number of piperidine rings is 2. The van der Waals surface area contributed by atoms with Gasteiger partial charge in [0.2, 0.25) is 0 Å². The molecular weight excluding hydrogens is 304 g/mol. The Balaban J connectivity index is 2.06. The second kappa shape index (κ2) is 7.27. The Morgan fingerprint density at radius 3 is 2.36 bits per heavy atom. The summed E-state index contributed by atoms with van der Waals surface area (Å²) in [5.74, 6) is 0.152. The molecule has 128 valence electrons. The molecule has 0 unspecified atom stereocenters. The first kappa shape index (κ1) is 17.7. The van der Waals surface area contributed by atoms with Gasteiger partial charge >= 0.3 is 5.97 Å². The first-order valence-electron chi connectivity index (χ1n) is 8.26. The molecule has 0 aliphatic carbocycles. The van der Waals surface area contributed by atoms with E-state index < -0.39 is 10.2 Å². The van der Waals surface area contributed by atoms with Crippen molar-refractivity contribution in [3.05, 3.63) is 0 Å². The minimum Gasteiger partial charge on any atom is -0.466 e. The lowest BCUT2D eigenvalue weighted by molar-refractivity contribution is -0.149. The molecule has 0 spiro atoms. The molecule has 22 heavy (non-hydrogen) atoms. The Morgan fingerprint density at radius 2 is 1.77 bits per heavy atom. The van der Waals surface area contributed by atoms with Crippen molar-refractivity contribution in [2.75, 3.05) is 32.8 Å². The molecule has 0 saturated carbocycles. The molecule has 3 atom stereocenters. The van der Waals surface area contributed by atoms with Gasteiger partial charge in [0.05, 0.1) is 12.5 Å². The van der Waals surface area contributed by atoms with E-state index in [4.69, 9.17) is 4.74 Å². The molecule has 0 N–H and O–H groups in total. The average molecular weight is 332 g/mol. The van der Waals surface area contributed by atoms with Crippen LogP contribution in [0.3, 0.4) is 0 Å². The third-order valence-electron chi connectivity index (χ3n) is 4.49. The highest BCUT2D eigenvalue weighted by Crippen LogP contribution is 2.27. The fourth-order valence-electron chi connectivity index (χ4n) is 3.56. The zero-order valence-electron chi connectivity index (χ0n) is 13.8. The van der Waals surface area contributed by atoms with Crippen LogP contribution in [0.2, 0.25) is 0 Å². The molecule has 0 radical (unpaired) electrons. The first-order chi connectivity index (χ1) is 10.3. The summed E-state index contributed by atoms with van der Waals surface area (Å²) >= 11 is 0. The zero-order chi connectivity index (χ0) is 16.3. The third kappa shape index (κ3) is 4.00. The highest BCUT2D eigenvalue weighted by atomic mass is 32.2. The van der Waals surface area contributed by atoms with E-state index in [1.54, 1.807) is 11.2 Å². The van der Waals surface area contributed by atoms with E-state index in [0.29, 0.717) is 50.9 Å². The van der Waals surface area contributed by atoms with Crippen LogP contribution < -0.4 is 0 Å². The van der Waals surface area contributed by atoms with Crippen molar-refractivity contribution in [2.24, 2.45) is 17.8 Å². The maximum atomic E-state index is 12.9. The Morgan fingerprint density at radius 1 is 1.14 bits per heavy atom. The van der Waals surface area contributed by atoms with Gasteiger partial charge in [-0.25, -0.2) is 0 Å². The van der Waals surface area contributed by atoms with Gasteiger partial charge in [0.25, 0.3) is 10.2 Å². The van der Waals surface area contributed by atoms with Crippen LogP contribution in [0.25, 0.3) is 0 Å². The van der Waals surface area contributed by atoms with Gasteiger partial charge in [-0.05, 0) is 38.0 Å². The zero-order valence-corrected chi connectivity index (χ0v) is 14.6. The lowest BCUT2D eigenvalue weighted by Crippen LogP contribution is -2.52. The van der Waals surface area contributed by atoms with Crippen molar-refractivity contribution in [2.45, 2.75) is 40.0 Å². The molecule has 0 amide bonds. The highest BCUT2D eigenvalue weighted by molar-refractivity contribution is 7.86. The molecule has 2 fully saturated rings. The van der Waals surface area contributed by atoms with Gasteiger partial charge in [0.15, 0.2) is 0 Å². The topological polar surface area (TPSA) is 66.9 Å². The Bertz CT molecular complexity index is 484. The van der Waals surface area contributed by atoms with Crippen LogP contribution in [-0.4, -0.2) is 55.8 Å². The fourth-order valence-corrected chi connectivity index (χ4v) is 5.50. The SMILES string of the molecule is CCOC(=O)[C@H]1CCCN(S(=O)(=O)N2C[C@H](C)C[C@H](C)C2)C1. The van der Waals surface area contributed by atoms with Crippen LogP contribution in [0.15, 0.2) is 0 Å². The second-order valence-electron chi connectivity index (χ2n) is 6.72. The van der Waals surface area contributed by atoms with Crippen molar-refractivity contribution in [3.63, 3.8) is 0 Å². The molecule has 0 aromatic carbocycles. The Kier molecular flexibility index (Phi) is 5.85. The van der Waals surface area contributed by atoms with E-state index in [1.165, 1.54) is 4.31 Å². The number of esters is 1. The summed E-state index contributed by atoms with van der Waals surface area (Å²) in [6, 6.07) is 0. The summed E-state index contributed by atoms with van der Waals surface area (Å²) in [7, 11) is -3.47. The molecular formula is C15H28N2O4S. The summed E-state index contributed by atoms with van der Waals surface area (Å²) in [5, 5.41) is 0. The molecule has 6 nitrogen and oxygen atoms in total. The largest absolute Gasteiger partial charge is 0.466 e. The predicted molar refractivity (Wildman–Crippen MR) is 84.4 cm³/mol. The summed E-state index contributed by atoms with van der Waals surface area (Å²) < 4.78 is 33.8. The van der Waals surface area contributed by atoms with E-state index in [9.17, 15) is 13.2 Å². The van der Waals surface area contributed by atoms with Gasteiger partial charge < -0.3 is 4.74 Å². The lowest BCUT2D eigenvalue weighted by Gasteiger charge is -2.39. The molecule has 0 bridgehead atoms. The minimum atomic E-state index is -3.47. The van der Waals surface area contributed by atoms with Gasteiger partial charge in [-0.1, -0.05) is 13.8 Å². The van der Waals surface area contributed by atoms with E-state index >= 15 is 0 Å². The van der Waals surface area contributed by atoms with Gasteiger partial charge in [-0.2, -0.15) is 17.0 Å². The molecule has 2 aliphatic rings. The number of hydrogen-bond donors (Lipinski definition) is 0. The molecule has 2 saturated heterocycles. The number of nitrogens with zero attached hydrogens (tertiary/aromatic N) is 2. The van der Waals surface area contributed by atoms with Gasteiger partial charge in [0, 0.05) is 26.2 Å². The van der Waals surface area contributed by atoms with Crippen LogP contribution in [0, 0.1) is 17.8 Å². The first-order valence-corrected chi connectivity index (χ1v) is 9.66. The fraction of sp³-hybridized carbons (Fsp3) is 0.933. The standard InChI is InChI=1S/C15H28N2O4S/c1-4-21-15(18)14-6-5-7-16(11-14)22(19,20)17-9-12(2)8-13(3)10-17/h12-14H,4-11H2,1-3H3/t12-,13+,14-/m0/s1. The smallest absolute Gasteiger partial charge is 0.310 e. The average Bonchev–Trinajstić information content (AvgIpc) is 2.46. The molecule has 2 aliphatic heterocycles. The summed E-state index contributed by atoms with van der Waals surface area (Å²) in [6.45, 7) is 8.19. The van der Waals surface area contributed by atoms with Crippen molar-refractivity contribution in [3.8, 4) is 0 Å². The number of rotatable bonds is 4. The maximum absolute atomic E-state index is 12.9. The number of carbonyl (C=O) groups excluding carboxylic acids is 1. The second-order valence-corrected chi connectivity index (χ2v) is 8.65. The van der Waals surface area contributed by atoms with E-state index in [1.807, 2.05) is 0 Å². The number of hydrogen-bond acceptors (Lipinski definition) is 4. The predicted octanol–water partition coefficient (Wildman–Crippen LogP) is 1.48. The van der Waals surface area contributed by atoms with Gasteiger partial charge in [0.1, 0.15) is 0 Å². The molecule has 0 aromatic rings. The van der Waals surface area contributed by atoms with Crippen LogP contribution >= 0.6 is 0 Å². The van der Waals surface area contributed by atoms with Crippen LogP contribution in [0.4, 0.5) is 0 Å². The normalized spacial score (nSPS) is 31.9. The van der Waals surface area contributed by atoms with E-state index in [2.05, 4.69) is 13.8 Å². The van der Waals surface area contributed by atoms with E-state index in [0.717, 1.165) is 6.42 Å². The van der Waals surface area contributed by atoms with Gasteiger partial charge in [-0.15, -0.1) is 0 Å². The van der Waals surface area contributed by atoms with Crippen molar-refractivity contribution < 1.29 is 17.9 Å². The van der Waals surface area contributed by atoms with Crippen molar-refractivity contribution in [1.82, 2.24) is 8.61 Å². The Hall–Kier alpha value is -0.660. The molecule has 7 heteroatoms. The Labute approximate surface area is 134 Å². The summed E-state index contributed by atoms with van der Waals surface area (Å²) in [6.07, 6.45) is 2.48. The van der Waals surface area contributed by atoms with Crippen LogP contribution in [0.1, 0.15) is 40.0 Å². The highest BCUT2D eigenvalue weighted by Gasteiger charge is 2.38. The van der Waals surface area contributed by atoms with Crippen LogP contribution in [0.5, 0.6) is 0 Å². The van der Waals surface area contributed by atoms with Crippen molar-refractivity contribution in [1.29, 1.82) is 0 Å². The molecule has 0 aromatic heterocycles.